The third-order valence-corrected chi connectivity index (χ3v) is 3.78. The third kappa shape index (κ3) is 2.80. The van der Waals surface area contributed by atoms with Gasteiger partial charge in [0.05, 0.1) is 5.39 Å². The molecular weight excluding hydrogens is 289 g/mol. The van der Waals surface area contributed by atoms with Crippen molar-refractivity contribution in [1.82, 2.24) is 9.97 Å². The fraction of sp³-hybridized carbons (Fsp3) is 0.200. The molecule has 6 heteroatoms. The standard InChI is InChI=1S/C15H14FN3OS/c1-3-17-15-18-13(11-6-7-21-14(11)19-15)20-12-5-4-10(16)8-9(12)2/h4-8H,3H2,1-2H3,(H,17,18,19). The lowest BCUT2D eigenvalue weighted by atomic mass is 10.2. The molecule has 0 unspecified atom stereocenters. The van der Waals surface area contributed by atoms with Gasteiger partial charge in [-0.25, -0.2) is 9.37 Å². The summed E-state index contributed by atoms with van der Waals surface area (Å²) in [6.45, 7) is 4.51. The fourth-order valence-electron chi connectivity index (χ4n) is 1.97. The van der Waals surface area contributed by atoms with Crippen LogP contribution in [0.5, 0.6) is 11.6 Å². The van der Waals surface area contributed by atoms with Crippen molar-refractivity contribution in [2.24, 2.45) is 0 Å². The van der Waals surface area contributed by atoms with Crippen molar-refractivity contribution in [1.29, 1.82) is 0 Å². The number of hydrogen-bond donors (Lipinski definition) is 1. The van der Waals surface area contributed by atoms with Gasteiger partial charge in [0, 0.05) is 6.54 Å². The first-order valence-electron chi connectivity index (χ1n) is 6.60. The molecule has 4 nitrogen and oxygen atoms in total. The summed E-state index contributed by atoms with van der Waals surface area (Å²) in [7, 11) is 0. The van der Waals surface area contributed by atoms with E-state index in [0.717, 1.165) is 22.3 Å². The number of rotatable bonds is 4. The number of thiophene rings is 1. The van der Waals surface area contributed by atoms with Crippen molar-refractivity contribution in [3.8, 4) is 11.6 Å². The van der Waals surface area contributed by atoms with Crippen LogP contribution in [0.4, 0.5) is 10.3 Å². The number of benzene rings is 1. The van der Waals surface area contributed by atoms with E-state index in [9.17, 15) is 4.39 Å². The van der Waals surface area contributed by atoms with Crippen LogP contribution in [0.25, 0.3) is 10.2 Å². The van der Waals surface area contributed by atoms with E-state index in [4.69, 9.17) is 4.74 Å². The van der Waals surface area contributed by atoms with Crippen LogP contribution in [0, 0.1) is 12.7 Å². The molecule has 0 aliphatic rings. The number of hydrogen-bond acceptors (Lipinski definition) is 5. The number of halogens is 1. The average molecular weight is 303 g/mol. The molecule has 0 aliphatic carbocycles. The summed E-state index contributed by atoms with van der Waals surface area (Å²) in [5.41, 5.74) is 0.724. The van der Waals surface area contributed by atoms with Crippen molar-refractivity contribution in [2.75, 3.05) is 11.9 Å². The van der Waals surface area contributed by atoms with E-state index in [0.29, 0.717) is 17.6 Å². The topological polar surface area (TPSA) is 47.0 Å². The monoisotopic (exact) mass is 303 g/mol. The molecule has 0 spiro atoms. The summed E-state index contributed by atoms with van der Waals surface area (Å²) >= 11 is 1.53. The van der Waals surface area contributed by atoms with Gasteiger partial charge < -0.3 is 10.1 Å². The van der Waals surface area contributed by atoms with Gasteiger partial charge in [-0.1, -0.05) is 0 Å². The molecule has 108 valence electrons. The summed E-state index contributed by atoms with van der Waals surface area (Å²) in [4.78, 5) is 9.67. The number of nitrogens with zero attached hydrogens (tertiary/aromatic N) is 2. The molecule has 0 radical (unpaired) electrons. The van der Waals surface area contributed by atoms with E-state index in [1.165, 1.54) is 23.5 Å². The maximum absolute atomic E-state index is 13.2. The summed E-state index contributed by atoms with van der Waals surface area (Å²) in [5.74, 6) is 1.32. The Morgan fingerprint density at radius 3 is 2.90 bits per heavy atom. The molecule has 3 aromatic rings. The Bertz CT molecular complexity index is 788. The highest BCUT2D eigenvalue weighted by Crippen LogP contribution is 2.32. The highest BCUT2D eigenvalue weighted by atomic mass is 32.1. The van der Waals surface area contributed by atoms with Gasteiger partial charge in [0.15, 0.2) is 0 Å². The van der Waals surface area contributed by atoms with Crippen LogP contribution in [-0.4, -0.2) is 16.5 Å². The Morgan fingerprint density at radius 1 is 1.29 bits per heavy atom. The van der Waals surface area contributed by atoms with Crippen LogP contribution in [0.2, 0.25) is 0 Å². The Balaban J connectivity index is 2.04. The van der Waals surface area contributed by atoms with E-state index in [1.807, 2.05) is 18.4 Å². The van der Waals surface area contributed by atoms with E-state index in [1.54, 1.807) is 13.0 Å². The van der Waals surface area contributed by atoms with E-state index >= 15 is 0 Å². The molecule has 0 saturated carbocycles. The zero-order valence-corrected chi connectivity index (χ0v) is 12.5. The molecule has 0 amide bonds. The predicted octanol–water partition coefficient (Wildman–Crippen LogP) is 4.36. The molecular formula is C15H14FN3OS. The minimum absolute atomic E-state index is 0.281. The van der Waals surface area contributed by atoms with Crippen LogP contribution >= 0.6 is 11.3 Å². The normalized spacial score (nSPS) is 10.8. The molecule has 1 aromatic carbocycles. The first kappa shape index (κ1) is 13.8. The Labute approximate surface area is 125 Å². The first-order chi connectivity index (χ1) is 10.2. The number of ether oxygens (including phenoxy) is 1. The maximum Gasteiger partial charge on any atom is 0.232 e. The van der Waals surface area contributed by atoms with Crippen LogP contribution in [0.3, 0.4) is 0 Å². The predicted molar refractivity (Wildman–Crippen MR) is 82.8 cm³/mol. The van der Waals surface area contributed by atoms with Crippen LogP contribution in [-0.2, 0) is 0 Å². The van der Waals surface area contributed by atoms with Gasteiger partial charge in [-0.15, -0.1) is 11.3 Å². The molecule has 2 aromatic heterocycles. The zero-order chi connectivity index (χ0) is 14.8. The van der Waals surface area contributed by atoms with Gasteiger partial charge in [-0.3, -0.25) is 0 Å². The maximum atomic E-state index is 13.2. The molecule has 0 bridgehead atoms. The van der Waals surface area contributed by atoms with Gasteiger partial charge in [0.1, 0.15) is 16.4 Å². The summed E-state index contributed by atoms with van der Waals surface area (Å²) < 4.78 is 19.0. The fourth-order valence-corrected chi connectivity index (χ4v) is 2.73. The number of fused-ring (bicyclic) bond motifs is 1. The van der Waals surface area contributed by atoms with Crippen molar-refractivity contribution in [3.63, 3.8) is 0 Å². The molecule has 0 atom stereocenters. The number of anilines is 1. The zero-order valence-electron chi connectivity index (χ0n) is 11.7. The lowest BCUT2D eigenvalue weighted by molar-refractivity contribution is 0.463. The second-order valence-electron chi connectivity index (χ2n) is 4.53. The smallest absolute Gasteiger partial charge is 0.232 e. The Kier molecular flexibility index (Phi) is 3.70. The Morgan fingerprint density at radius 2 is 2.14 bits per heavy atom. The number of aryl methyl sites for hydroxylation is 1. The van der Waals surface area contributed by atoms with Gasteiger partial charge >= 0.3 is 0 Å². The molecule has 2 heterocycles. The number of nitrogens with one attached hydrogen (secondary N) is 1. The number of aromatic nitrogens is 2. The van der Waals surface area contributed by atoms with Gasteiger partial charge in [0.25, 0.3) is 0 Å². The second-order valence-corrected chi connectivity index (χ2v) is 5.43. The molecule has 0 aliphatic heterocycles. The minimum Gasteiger partial charge on any atom is -0.438 e. The van der Waals surface area contributed by atoms with E-state index in [-0.39, 0.29) is 5.82 Å². The minimum atomic E-state index is -0.281. The highest BCUT2D eigenvalue weighted by Gasteiger charge is 2.12. The van der Waals surface area contributed by atoms with Gasteiger partial charge in [-0.2, -0.15) is 4.98 Å². The first-order valence-corrected chi connectivity index (χ1v) is 7.48. The largest absolute Gasteiger partial charge is 0.438 e. The summed E-state index contributed by atoms with van der Waals surface area (Å²) in [5, 5.41) is 5.88. The van der Waals surface area contributed by atoms with Crippen molar-refractivity contribution in [3.05, 3.63) is 41.0 Å². The van der Waals surface area contributed by atoms with E-state index in [2.05, 4.69) is 15.3 Å². The molecule has 3 rings (SSSR count). The quantitative estimate of drug-likeness (QED) is 0.778. The van der Waals surface area contributed by atoms with Gasteiger partial charge in [0.2, 0.25) is 11.8 Å². The summed E-state index contributed by atoms with van der Waals surface area (Å²) in [6, 6.07) is 6.34. The highest BCUT2D eigenvalue weighted by molar-refractivity contribution is 7.16. The van der Waals surface area contributed by atoms with Crippen LogP contribution < -0.4 is 10.1 Å². The van der Waals surface area contributed by atoms with Crippen LogP contribution in [0.1, 0.15) is 12.5 Å². The van der Waals surface area contributed by atoms with Crippen LogP contribution in [0.15, 0.2) is 29.6 Å². The van der Waals surface area contributed by atoms with Crippen molar-refractivity contribution < 1.29 is 9.13 Å². The SMILES string of the molecule is CCNc1nc(Oc2ccc(F)cc2C)c2ccsc2n1. The second kappa shape index (κ2) is 5.65. The molecule has 1 N–H and O–H groups in total. The van der Waals surface area contributed by atoms with Crippen molar-refractivity contribution >= 4 is 27.5 Å². The Hall–Kier alpha value is -2.21. The van der Waals surface area contributed by atoms with Crippen molar-refractivity contribution in [2.45, 2.75) is 13.8 Å². The molecule has 21 heavy (non-hydrogen) atoms. The molecule has 0 fully saturated rings. The average Bonchev–Trinajstić information content (AvgIpc) is 2.91. The lowest BCUT2D eigenvalue weighted by Gasteiger charge is -2.10. The van der Waals surface area contributed by atoms with Gasteiger partial charge in [-0.05, 0) is 49.1 Å². The molecule has 0 saturated heterocycles. The summed E-state index contributed by atoms with van der Waals surface area (Å²) in [6.07, 6.45) is 0. The van der Waals surface area contributed by atoms with E-state index < -0.39 is 0 Å². The third-order valence-electron chi connectivity index (χ3n) is 2.97. The lowest BCUT2D eigenvalue weighted by Crippen LogP contribution is -2.03.